The summed E-state index contributed by atoms with van der Waals surface area (Å²) >= 11 is 5.63. The number of carboxylic acid groups (broad SMARTS) is 1. The quantitative estimate of drug-likeness (QED) is 0.255. The summed E-state index contributed by atoms with van der Waals surface area (Å²) in [5.41, 5.74) is -2.70. The Labute approximate surface area is 152 Å². The van der Waals surface area contributed by atoms with Gasteiger partial charge in [0.1, 0.15) is 5.69 Å². The lowest BCUT2D eigenvalue weighted by molar-refractivity contribution is -0.393. The van der Waals surface area contributed by atoms with Crippen LogP contribution in [0.3, 0.4) is 0 Å². The topological polar surface area (TPSA) is 170 Å². The highest BCUT2D eigenvalue weighted by Gasteiger charge is 2.30. The normalized spacial score (nSPS) is 11.2. The number of benzene rings is 1. The van der Waals surface area contributed by atoms with Gasteiger partial charge < -0.3 is 10.0 Å². The molecule has 0 saturated carbocycles. The van der Waals surface area contributed by atoms with Crippen LogP contribution in [0.1, 0.15) is 10.4 Å². The number of nitro groups is 2. The minimum absolute atomic E-state index is 0.0773. The van der Waals surface area contributed by atoms with E-state index in [9.17, 15) is 38.5 Å². The van der Waals surface area contributed by atoms with E-state index < -0.39 is 55.2 Å². The maximum absolute atomic E-state index is 11.5. The fraction of sp³-hybridized carbons (Fsp3) is 0.417. The standard InChI is InChI=1S/C12H14ClN3O9S/c1-26(23,24)25-5-4-14(3-2-13)11-9(12(17)18)6-8(15(19)20)7-10(11)16(21)22/h6-7H,2-5H2,1H3,(H,17,18). The molecule has 1 N–H and O–H groups in total. The molecule has 1 rings (SSSR count). The Morgan fingerprint density at radius 1 is 1.27 bits per heavy atom. The Kier molecular flexibility index (Phi) is 7.23. The van der Waals surface area contributed by atoms with E-state index in [0.717, 1.165) is 11.2 Å². The van der Waals surface area contributed by atoms with E-state index >= 15 is 0 Å². The van der Waals surface area contributed by atoms with Crippen molar-refractivity contribution in [2.24, 2.45) is 0 Å². The summed E-state index contributed by atoms with van der Waals surface area (Å²) in [6.45, 7) is -0.769. The van der Waals surface area contributed by atoms with Crippen LogP contribution in [0.15, 0.2) is 12.1 Å². The molecule has 0 aliphatic carbocycles. The van der Waals surface area contributed by atoms with Gasteiger partial charge in [0.25, 0.3) is 21.5 Å². The molecular weight excluding hydrogens is 398 g/mol. The van der Waals surface area contributed by atoms with Gasteiger partial charge in [-0.2, -0.15) is 8.42 Å². The van der Waals surface area contributed by atoms with Gasteiger partial charge in [0.05, 0.1) is 34.3 Å². The van der Waals surface area contributed by atoms with Crippen molar-refractivity contribution >= 4 is 44.8 Å². The lowest BCUT2D eigenvalue weighted by atomic mass is 10.1. The second kappa shape index (κ2) is 8.73. The average molecular weight is 412 g/mol. The fourth-order valence-electron chi connectivity index (χ4n) is 2.08. The number of nitro benzene ring substituents is 2. The number of non-ortho nitro benzene ring substituents is 1. The summed E-state index contributed by atoms with van der Waals surface area (Å²) in [6.07, 6.45) is 0.801. The predicted molar refractivity (Wildman–Crippen MR) is 90.4 cm³/mol. The second-order valence-electron chi connectivity index (χ2n) is 4.88. The molecule has 0 aromatic heterocycles. The minimum atomic E-state index is -3.79. The van der Waals surface area contributed by atoms with E-state index in [0.29, 0.717) is 12.1 Å². The van der Waals surface area contributed by atoms with Gasteiger partial charge in [-0.3, -0.25) is 24.4 Å². The molecule has 1 aromatic rings. The molecule has 0 saturated heterocycles. The van der Waals surface area contributed by atoms with Gasteiger partial charge in [0.15, 0.2) is 0 Å². The third kappa shape index (κ3) is 5.79. The number of halogens is 1. The average Bonchev–Trinajstić information content (AvgIpc) is 2.51. The van der Waals surface area contributed by atoms with Crippen molar-refractivity contribution in [3.8, 4) is 0 Å². The lowest BCUT2D eigenvalue weighted by Crippen LogP contribution is -2.32. The van der Waals surface area contributed by atoms with Crippen molar-refractivity contribution in [1.29, 1.82) is 0 Å². The van der Waals surface area contributed by atoms with E-state index in [1.54, 1.807) is 0 Å². The maximum atomic E-state index is 11.5. The molecule has 26 heavy (non-hydrogen) atoms. The highest BCUT2D eigenvalue weighted by molar-refractivity contribution is 7.85. The lowest BCUT2D eigenvalue weighted by Gasteiger charge is -2.24. The number of hydrogen-bond acceptors (Lipinski definition) is 9. The van der Waals surface area contributed by atoms with E-state index in [2.05, 4.69) is 4.18 Å². The first-order chi connectivity index (χ1) is 12.0. The molecule has 12 nitrogen and oxygen atoms in total. The largest absolute Gasteiger partial charge is 0.478 e. The second-order valence-corrected chi connectivity index (χ2v) is 6.90. The smallest absolute Gasteiger partial charge is 0.338 e. The Morgan fingerprint density at radius 2 is 1.88 bits per heavy atom. The van der Waals surface area contributed by atoms with E-state index in [-0.39, 0.29) is 19.0 Å². The Hall–Kier alpha value is -2.51. The zero-order valence-corrected chi connectivity index (χ0v) is 14.9. The van der Waals surface area contributed by atoms with Crippen LogP contribution in [-0.4, -0.2) is 61.2 Å². The van der Waals surface area contributed by atoms with Crippen molar-refractivity contribution in [2.45, 2.75) is 0 Å². The summed E-state index contributed by atoms with van der Waals surface area (Å²) in [6, 6.07) is 1.31. The molecule has 0 amide bonds. The van der Waals surface area contributed by atoms with Gasteiger partial charge in [0, 0.05) is 25.0 Å². The third-order valence-electron chi connectivity index (χ3n) is 3.04. The molecule has 0 aliphatic rings. The molecule has 0 fully saturated rings. The summed E-state index contributed by atoms with van der Waals surface area (Å²) in [5.74, 6) is -1.71. The van der Waals surface area contributed by atoms with Crippen LogP contribution in [0, 0.1) is 20.2 Å². The first kappa shape index (κ1) is 21.5. The van der Waals surface area contributed by atoms with E-state index in [1.165, 1.54) is 0 Å². The number of carboxylic acids is 1. The summed E-state index contributed by atoms with van der Waals surface area (Å²) in [7, 11) is -3.79. The van der Waals surface area contributed by atoms with E-state index in [1.807, 2.05) is 0 Å². The van der Waals surface area contributed by atoms with Gasteiger partial charge in [-0.05, 0) is 0 Å². The van der Waals surface area contributed by atoms with Crippen molar-refractivity contribution in [3.63, 3.8) is 0 Å². The Bertz CT molecular complexity index is 792. The molecule has 0 atom stereocenters. The number of aromatic carboxylic acids is 1. The van der Waals surface area contributed by atoms with Crippen molar-refractivity contribution in [1.82, 2.24) is 0 Å². The predicted octanol–water partition coefficient (Wildman–Crippen LogP) is 1.22. The minimum Gasteiger partial charge on any atom is -0.478 e. The number of nitrogens with zero attached hydrogens (tertiary/aromatic N) is 3. The van der Waals surface area contributed by atoms with Crippen molar-refractivity contribution in [2.75, 3.05) is 36.7 Å². The molecular formula is C12H14ClN3O9S. The third-order valence-corrected chi connectivity index (χ3v) is 3.81. The summed E-state index contributed by atoms with van der Waals surface area (Å²) < 4.78 is 26.6. The van der Waals surface area contributed by atoms with Crippen LogP contribution in [-0.2, 0) is 14.3 Å². The number of hydrogen-bond donors (Lipinski definition) is 1. The fourth-order valence-corrected chi connectivity index (χ4v) is 2.66. The molecule has 0 unspecified atom stereocenters. The highest BCUT2D eigenvalue weighted by Crippen LogP contribution is 2.36. The van der Waals surface area contributed by atoms with Crippen LogP contribution in [0.25, 0.3) is 0 Å². The molecule has 144 valence electrons. The molecule has 0 radical (unpaired) electrons. The van der Waals surface area contributed by atoms with Crippen molar-refractivity contribution < 1.29 is 32.3 Å². The molecule has 0 bridgehead atoms. The molecule has 0 heterocycles. The number of anilines is 1. The molecule has 0 spiro atoms. The highest BCUT2D eigenvalue weighted by atomic mass is 35.5. The van der Waals surface area contributed by atoms with Gasteiger partial charge in [-0.15, -0.1) is 11.6 Å². The summed E-state index contributed by atoms with van der Waals surface area (Å²) in [4.78, 5) is 32.9. The molecule has 0 aliphatic heterocycles. The zero-order valence-electron chi connectivity index (χ0n) is 13.3. The van der Waals surface area contributed by atoms with Crippen LogP contribution in [0.4, 0.5) is 17.1 Å². The van der Waals surface area contributed by atoms with Gasteiger partial charge in [-0.1, -0.05) is 0 Å². The summed E-state index contributed by atoms with van der Waals surface area (Å²) in [5, 5.41) is 31.5. The van der Waals surface area contributed by atoms with Crippen LogP contribution < -0.4 is 4.90 Å². The van der Waals surface area contributed by atoms with E-state index in [4.69, 9.17) is 11.6 Å². The number of carbonyl (C=O) groups is 1. The number of rotatable bonds is 10. The SMILES string of the molecule is CS(=O)(=O)OCCN(CCCl)c1c(C(=O)O)cc([N+](=O)[O-])cc1[N+](=O)[O-]. The van der Waals surface area contributed by atoms with Crippen molar-refractivity contribution in [3.05, 3.63) is 37.9 Å². The van der Waals surface area contributed by atoms with Crippen LogP contribution in [0.5, 0.6) is 0 Å². The first-order valence-electron chi connectivity index (χ1n) is 6.83. The van der Waals surface area contributed by atoms with Gasteiger partial charge >= 0.3 is 5.97 Å². The number of alkyl halides is 1. The van der Waals surface area contributed by atoms with Gasteiger partial charge in [-0.25, -0.2) is 4.79 Å². The molecule has 1 aromatic carbocycles. The van der Waals surface area contributed by atoms with Crippen LogP contribution in [0.2, 0.25) is 0 Å². The monoisotopic (exact) mass is 411 g/mol. The Balaban J connectivity index is 3.49. The first-order valence-corrected chi connectivity index (χ1v) is 9.18. The van der Waals surface area contributed by atoms with Gasteiger partial charge in [0.2, 0.25) is 0 Å². The zero-order chi connectivity index (χ0) is 20.1. The van der Waals surface area contributed by atoms with Crippen LogP contribution >= 0.6 is 11.6 Å². The Morgan fingerprint density at radius 3 is 2.31 bits per heavy atom. The molecule has 14 heteroatoms. The maximum Gasteiger partial charge on any atom is 0.338 e.